The number of carbonyl (C=O) groups is 1. The normalized spacial score (nSPS) is 17.1. The lowest BCUT2D eigenvalue weighted by Crippen LogP contribution is -2.24. The van der Waals surface area contributed by atoms with Crippen molar-refractivity contribution in [2.24, 2.45) is 0 Å². The number of anilines is 1. The first kappa shape index (κ1) is 16.8. The molecule has 1 saturated heterocycles. The van der Waals surface area contributed by atoms with Crippen LogP contribution in [0, 0.1) is 13.8 Å². The molecule has 1 atom stereocenters. The van der Waals surface area contributed by atoms with Gasteiger partial charge in [-0.2, -0.15) is 4.98 Å². The van der Waals surface area contributed by atoms with E-state index >= 15 is 0 Å². The van der Waals surface area contributed by atoms with Gasteiger partial charge in [-0.1, -0.05) is 47.1 Å². The summed E-state index contributed by atoms with van der Waals surface area (Å²) in [6, 6.07) is 13.5. The number of carbonyl (C=O) groups excluding carboxylic acids is 1. The molecule has 1 aliphatic heterocycles. The monoisotopic (exact) mass is 367 g/mol. The SMILES string of the molecule is Cc1ccc(N2CC(c3nc(-c4ccccc4C)no3)CC2=O)cc1Cl. The second-order valence-electron chi connectivity index (χ2n) is 6.61. The summed E-state index contributed by atoms with van der Waals surface area (Å²) in [5.41, 5.74) is 3.80. The topological polar surface area (TPSA) is 59.2 Å². The van der Waals surface area contributed by atoms with Gasteiger partial charge in [-0.25, -0.2) is 0 Å². The minimum Gasteiger partial charge on any atom is -0.339 e. The fourth-order valence-electron chi connectivity index (χ4n) is 3.21. The average Bonchev–Trinajstić information content (AvgIpc) is 3.25. The summed E-state index contributed by atoms with van der Waals surface area (Å²) in [6.07, 6.45) is 0.348. The van der Waals surface area contributed by atoms with Crippen LogP contribution >= 0.6 is 11.6 Å². The van der Waals surface area contributed by atoms with Crippen LogP contribution in [0.3, 0.4) is 0 Å². The Balaban J connectivity index is 1.58. The molecule has 2 heterocycles. The van der Waals surface area contributed by atoms with Gasteiger partial charge >= 0.3 is 0 Å². The second kappa shape index (κ2) is 6.57. The molecule has 1 aromatic heterocycles. The lowest BCUT2D eigenvalue weighted by atomic mass is 10.1. The van der Waals surface area contributed by atoms with Crippen molar-refractivity contribution in [2.75, 3.05) is 11.4 Å². The van der Waals surface area contributed by atoms with Crippen molar-refractivity contribution < 1.29 is 9.32 Å². The maximum Gasteiger partial charge on any atom is 0.232 e. The Kier molecular flexibility index (Phi) is 4.24. The van der Waals surface area contributed by atoms with E-state index in [9.17, 15) is 4.79 Å². The molecular weight excluding hydrogens is 350 g/mol. The van der Waals surface area contributed by atoms with E-state index in [0.29, 0.717) is 29.7 Å². The summed E-state index contributed by atoms with van der Waals surface area (Å²) in [5.74, 6) is 0.970. The van der Waals surface area contributed by atoms with E-state index in [1.165, 1.54) is 0 Å². The first-order valence-corrected chi connectivity index (χ1v) is 8.87. The summed E-state index contributed by atoms with van der Waals surface area (Å²) in [4.78, 5) is 18.7. The van der Waals surface area contributed by atoms with Crippen LogP contribution in [0.4, 0.5) is 5.69 Å². The van der Waals surface area contributed by atoms with Crippen molar-refractivity contribution in [3.8, 4) is 11.4 Å². The largest absolute Gasteiger partial charge is 0.339 e. The Hall–Kier alpha value is -2.66. The molecule has 1 fully saturated rings. The molecule has 0 saturated carbocycles. The Bertz CT molecular complexity index is 983. The van der Waals surface area contributed by atoms with E-state index in [-0.39, 0.29) is 11.8 Å². The predicted octanol–water partition coefficient (Wildman–Crippen LogP) is 4.53. The van der Waals surface area contributed by atoms with E-state index in [2.05, 4.69) is 10.1 Å². The highest BCUT2D eigenvalue weighted by Gasteiger charge is 2.35. The Morgan fingerprint density at radius 1 is 1.15 bits per heavy atom. The molecule has 1 aliphatic rings. The van der Waals surface area contributed by atoms with Gasteiger partial charge in [0.25, 0.3) is 0 Å². The molecule has 0 spiro atoms. The Morgan fingerprint density at radius 2 is 1.96 bits per heavy atom. The average molecular weight is 368 g/mol. The van der Waals surface area contributed by atoms with E-state index in [1.807, 2.05) is 56.3 Å². The lowest BCUT2D eigenvalue weighted by molar-refractivity contribution is -0.117. The first-order chi connectivity index (χ1) is 12.5. The number of aryl methyl sites for hydroxylation is 2. The van der Waals surface area contributed by atoms with Gasteiger partial charge in [0.15, 0.2) is 0 Å². The molecule has 3 aromatic rings. The van der Waals surface area contributed by atoms with Gasteiger partial charge < -0.3 is 9.42 Å². The highest BCUT2D eigenvalue weighted by atomic mass is 35.5. The van der Waals surface area contributed by atoms with Crippen molar-refractivity contribution >= 4 is 23.2 Å². The third kappa shape index (κ3) is 2.99. The first-order valence-electron chi connectivity index (χ1n) is 8.49. The van der Waals surface area contributed by atoms with Gasteiger partial charge in [-0.3, -0.25) is 4.79 Å². The van der Waals surface area contributed by atoms with Crippen molar-refractivity contribution in [3.05, 3.63) is 64.5 Å². The third-order valence-corrected chi connectivity index (χ3v) is 5.18. The van der Waals surface area contributed by atoms with Gasteiger partial charge in [-0.15, -0.1) is 0 Å². The Labute approximate surface area is 156 Å². The van der Waals surface area contributed by atoms with E-state index in [4.69, 9.17) is 16.1 Å². The highest BCUT2D eigenvalue weighted by Crippen LogP contribution is 2.33. The van der Waals surface area contributed by atoms with Crippen LogP contribution in [0.15, 0.2) is 47.0 Å². The molecule has 0 N–H and O–H groups in total. The van der Waals surface area contributed by atoms with E-state index in [0.717, 1.165) is 22.4 Å². The highest BCUT2D eigenvalue weighted by molar-refractivity contribution is 6.31. The number of hydrogen-bond donors (Lipinski definition) is 0. The van der Waals surface area contributed by atoms with Gasteiger partial charge in [0.05, 0.1) is 5.92 Å². The molecule has 2 aromatic carbocycles. The summed E-state index contributed by atoms with van der Waals surface area (Å²) < 4.78 is 5.47. The zero-order chi connectivity index (χ0) is 18.3. The number of benzene rings is 2. The van der Waals surface area contributed by atoms with Crippen LogP contribution in [0.5, 0.6) is 0 Å². The second-order valence-corrected chi connectivity index (χ2v) is 7.02. The quantitative estimate of drug-likeness (QED) is 0.682. The number of halogens is 1. The number of hydrogen-bond acceptors (Lipinski definition) is 4. The molecule has 26 heavy (non-hydrogen) atoms. The smallest absolute Gasteiger partial charge is 0.232 e. The predicted molar refractivity (Wildman–Crippen MR) is 100 cm³/mol. The maximum absolute atomic E-state index is 12.5. The van der Waals surface area contributed by atoms with Gasteiger partial charge in [0, 0.05) is 29.2 Å². The van der Waals surface area contributed by atoms with Crippen molar-refractivity contribution in [3.63, 3.8) is 0 Å². The van der Waals surface area contributed by atoms with Crippen molar-refractivity contribution in [1.29, 1.82) is 0 Å². The molecule has 6 heteroatoms. The Morgan fingerprint density at radius 3 is 2.73 bits per heavy atom. The van der Waals surface area contributed by atoms with Crippen LogP contribution in [-0.2, 0) is 4.79 Å². The number of rotatable bonds is 3. The number of nitrogens with zero attached hydrogens (tertiary/aromatic N) is 3. The standard InChI is InChI=1S/C20H18ClN3O2/c1-12-5-3-4-6-16(12)19-22-20(26-23-19)14-9-18(25)24(11-14)15-8-7-13(2)17(21)10-15/h3-8,10,14H,9,11H2,1-2H3. The van der Waals surface area contributed by atoms with Gasteiger partial charge in [0.2, 0.25) is 17.6 Å². The van der Waals surface area contributed by atoms with Crippen molar-refractivity contribution in [1.82, 2.24) is 10.1 Å². The summed E-state index contributed by atoms with van der Waals surface area (Å²) in [5, 5.41) is 4.75. The van der Waals surface area contributed by atoms with Crippen LogP contribution < -0.4 is 4.90 Å². The third-order valence-electron chi connectivity index (χ3n) is 4.77. The van der Waals surface area contributed by atoms with Gasteiger partial charge in [0.1, 0.15) is 0 Å². The molecule has 4 rings (SSSR count). The fraction of sp³-hybridized carbons (Fsp3) is 0.250. The number of amides is 1. The fourth-order valence-corrected chi connectivity index (χ4v) is 3.38. The molecule has 1 unspecified atom stereocenters. The molecule has 132 valence electrons. The molecular formula is C20H18ClN3O2. The molecule has 1 amide bonds. The van der Waals surface area contributed by atoms with E-state index < -0.39 is 0 Å². The zero-order valence-corrected chi connectivity index (χ0v) is 15.3. The van der Waals surface area contributed by atoms with Gasteiger partial charge in [-0.05, 0) is 37.1 Å². The molecule has 0 bridgehead atoms. The van der Waals surface area contributed by atoms with Crippen LogP contribution in [0.1, 0.15) is 29.4 Å². The molecule has 5 nitrogen and oxygen atoms in total. The lowest BCUT2D eigenvalue weighted by Gasteiger charge is -2.17. The zero-order valence-electron chi connectivity index (χ0n) is 14.6. The minimum absolute atomic E-state index is 0.0329. The number of aromatic nitrogens is 2. The summed E-state index contributed by atoms with van der Waals surface area (Å²) in [7, 11) is 0. The summed E-state index contributed by atoms with van der Waals surface area (Å²) in [6.45, 7) is 4.45. The minimum atomic E-state index is -0.118. The summed E-state index contributed by atoms with van der Waals surface area (Å²) >= 11 is 6.20. The maximum atomic E-state index is 12.5. The van der Waals surface area contributed by atoms with Crippen LogP contribution in [-0.4, -0.2) is 22.6 Å². The van der Waals surface area contributed by atoms with E-state index in [1.54, 1.807) is 4.90 Å². The molecule has 0 radical (unpaired) electrons. The van der Waals surface area contributed by atoms with Crippen LogP contribution in [0.25, 0.3) is 11.4 Å². The van der Waals surface area contributed by atoms with Crippen molar-refractivity contribution in [2.45, 2.75) is 26.2 Å². The molecule has 0 aliphatic carbocycles. The van der Waals surface area contributed by atoms with Crippen LogP contribution in [0.2, 0.25) is 5.02 Å².